The van der Waals surface area contributed by atoms with Crippen molar-refractivity contribution in [3.63, 3.8) is 0 Å². The summed E-state index contributed by atoms with van der Waals surface area (Å²) in [6, 6.07) is 0.261. The number of carbonyl (C=O) groups is 1. The number of amides is 1. The lowest BCUT2D eigenvalue weighted by Crippen LogP contribution is -2.46. The summed E-state index contributed by atoms with van der Waals surface area (Å²) in [5.41, 5.74) is 0.831. The van der Waals surface area contributed by atoms with E-state index in [1.165, 1.54) is 0 Å². The third-order valence-electron chi connectivity index (χ3n) is 3.34. The smallest absolute Gasteiger partial charge is 0.226 e. The summed E-state index contributed by atoms with van der Waals surface area (Å²) in [6.45, 7) is 6.55. The molecule has 1 aromatic heterocycles. The van der Waals surface area contributed by atoms with Gasteiger partial charge in [-0.1, -0.05) is 0 Å². The quantitative estimate of drug-likeness (QED) is 0.808. The third kappa shape index (κ3) is 6.79. The van der Waals surface area contributed by atoms with Gasteiger partial charge in [-0.15, -0.1) is 36.2 Å². The zero-order valence-corrected chi connectivity index (χ0v) is 15.4. The zero-order valence-electron chi connectivity index (χ0n) is 13.0. The van der Waals surface area contributed by atoms with Crippen molar-refractivity contribution in [2.75, 3.05) is 19.7 Å². The Morgan fingerprint density at radius 1 is 1.59 bits per heavy atom. The second-order valence-electron chi connectivity index (χ2n) is 5.06. The molecule has 2 rings (SSSR count). The van der Waals surface area contributed by atoms with Gasteiger partial charge < -0.3 is 15.4 Å². The number of hydrogen-bond donors (Lipinski definition) is 2. The summed E-state index contributed by atoms with van der Waals surface area (Å²) in [4.78, 5) is 16.5. The van der Waals surface area contributed by atoms with Gasteiger partial charge in [0.25, 0.3) is 0 Å². The Balaban J connectivity index is 0.00000220. The van der Waals surface area contributed by atoms with Gasteiger partial charge in [-0.25, -0.2) is 4.98 Å². The van der Waals surface area contributed by atoms with Crippen LogP contribution in [0.25, 0.3) is 0 Å². The first-order valence-corrected chi connectivity index (χ1v) is 8.13. The predicted octanol–water partition coefficient (Wildman–Crippen LogP) is 2.49. The van der Waals surface area contributed by atoms with Crippen molar-refractivity contribution in [1.82, 2.24) is 15.6 Å². The summed E-state index contributed by atoms with van der Waals surface area (Å²) < 4.78 is 5.51. The van der Waals surface area contributed by atoms with Crippen LogP contribution < -0.4 is 10.6 Å². The maximum Gasteiger partial charge on any atom is 0.226 e. The lowest BCUT2D eigenvalue weighted by molar-refractivity contribution is -0.121. The number of halogens is 2. The number of carbonyl (C=O) groups excluding carboxylic acids is 1. The minimum atomic E-state index is 0. The van der Waals surface area contributed by atoms with Gasteiger partial charge in [0.1, 0.15) is 11.1 Å². The van der Waals surface area contributed by atoms with Gasteiger partial charge in [0.2, 0.25) is 5.91 Å². The fraction of sp³-hybridized carbons (Fsp3) is 0.714. The van der Waals surface area contributed by atoms with Gasteiger partial charge in [0.15, 0.2) is 0 Å². The van der Waals surface area contributed by atoms with Crippen LogP contribution in [0.4, 0.5) is 0 Å². The molecular weight excluding hydrogens is 345 g/mol. The Hall–Kier alpha value is -0.400. The minimum Gasteiger partial charge on any atom is -0.372 e. The van der Waals surface area contributed by atoms with Crippen LogP contribution in [0.3, 0.4) is 0 Å². The van der Waals surface area contributed by atoms with Crippen molar-refractivity contribution in [1.29, 1.82) is 0 Å². The van der Waals surface area contributed by atoms with Gasteiger partial charge in [-0.2, -0.15) is 0 Å². The Labute approximate surface area is 148 Å². The van der Waals surface area contributed by atoms with Crippen molar-refractivity contribution in [3.8, 4) is 0 Å². The molecule has 1 aromatic rings. The topological polar surface area (TPSA) is 63.2 Å². The highest BCUT2D eigenvalue weighted by molar-refractivity contribution is 7.09. The van der Waals surface area contributed by atoms with Crippen LogP contribution in [-0.2, 0) is 16.0 Å². The fourth-order valence-corrected chi connectivity index (χ4v) is 3.15. The zero-order chi connectivity index (χ0) is 14.4. The van der Waals surface area contributed by atoms with Crippen LogP contribution >= 0.6 is 36.2 Å². The van der Waals surface area contributed by atoms with E-state index in [9.17, 15) is 4.79 Å². The van der Waals surface area contributed by atoms with Gasteiger partial charge in [-0.05, 0) is 33.2 Å². The minimum absolute atomic E-state index is 0. The van der Waals surface area contributed by atoms with Crippen molar-refractivity contribution in [2.24, 2.45) is 0 Å². The van der Waals surface area contributed by atoms with Crippen molar-refractivity contribution in [2.45, 2.75) is 45.3 Å². The van der Waals surface area contributed by atoms with E-state index in [-0.39, 0.29) is 42.9 Å². The molecule has 0 aliphatic carbocycles. The Kier molecular flexibility index (Phi) is 11.0. The van der Waals surface area contributed by atoms with Crippen LogP contribution in [0.5, 0.6) is 0 Å². The van der Waals surface area contributed by atoms with E-state index < -0.39 is 0 Å². The van der Waals surface area contributed by atoms with E-state index in [1.807, 2.05) is 19.2 Å². The maximum absolute atomic E-state index is 12.0. The number of hydrogen-bond acceptors (Lipinski definition) is 5. The van der Waals surface area contributed by atoms with E-state index in [0.717, 1.165) is 36.6 Å². The molecule has 8 heteroatoms. The van der Waals surface area contributed by atoms with E-state index in [0.29, 0.717) is 13.0 Å². The average Bonchev–Trinajstić information content (AvgIpc) is 2.88. The second-order valence-corrected chi connectivity index (χ2v) is 5.95. The molecule has 1 aliphatic rings. The van der Waals surface area contributed by atoms with Crippen molar-refractivity contribution in [3.05, 3.63) is 16.1 Å². The van der Waals surface area contributed by atoms with E-state index >= 15 is 0 Å². The molecule has 1 fully saturated rings. The lowest BCUT2D eigenvalue weighted by Gasteiger charge is -2.23. The standard InChI is InChI=1S/C14H23N3O2S.2ClH/c1-3-19-10(2)14-17-12(9-20-14)7-13(18)16-11-5-4-6-15-8-11;;/h9-11,15H,3-8H2,1-2H3,(H,16,18);2*1H/t10?,11-;;/m0../s1. The molecular formula is C14H25Cl2N3O2S. The molecule has 0 spiro atoms. The molecule has 0 saturated carbocycles. The largest absolute Gasteiger partial charge is 0.372 e. The third-order valence-corrected chi connectivity index (χ3v) is 4.39. The number of rotatable bonds is 6. The number of nitrogens with zero attached hydrogens (tertiary/aromatic N) is 1. The summed E-state index contributed by atoms with van der Waals surface area (Å²) in [7, 11) is 0. The first kappa shape index (κ1) is 21.6. The first-order chi connectivity index (χ1) is 9.69. The van der Waals surface area contributed by atoms with Gasteiger partial charge in [0.05, 0.1) is 12.1 Å². The Morgan fingerprint density at radius 3 is 3.00 bits per heavy atom. The molecule has 1 saturated heterocycles. The summed E-state index contributed by atoms with van der Waals surface area (Å²) in [6.07, 6.45) is 2.54. The highest BCUT2D eigenvalue weighted by atomic mass is 35.5. The number of nitrogens with one attached hydrogen (secondary N) is 2. The van der Waals surface area contributed by atoms with Crippen LogP contribution in [0.1, 0.15) is 43.5 Å². The van der Waals surface area contributed by atoms with Crippen molar-refractivity contribution >= 4 is 42.1 Å². The molecule has 1 aliphatic heterocycles. The number of aromatic nitrogens is 1. The molecule has 1 amide bonds. The number of thiazole rings is 1. The average molecular weight is 370 g/mol. The molecule has 1 unspecified atom stereocenters. The number of ether oxygens (including phenoxy) is 1. The van der Waals surface area contributed by atoms with E-state index in [2.05, 4.69) is 15.6 Å². The number of piperidine rings is 1. The molecule has 128 valence electrons. The predicted molar refractivity (Wildman–Crippen MR) is 94.4 cm³/mol. The molecule has 2 N–H and O–H groups in total. The highest BCUT2D eigenvalue weighted by Crippen LogP contribution is 2.21. The van der Waals surface area contributed by atoms with E-state index in [1.54, 1.807) is 11.3 Å². The summed E-state index contributed by atoms with van der Waals surface area (Å²) >= 11 is 1.56. The molecule has 0 bridgehead atoms. The van der Waals surface area contributed by atoms with Gasteiger partial charge in [0, 0.05) is 24.6 Å². The second kappa shape index (κ2) is 11.2. The van der Waals surface area contributed by atoms with Crippen LogP contribution in [0.2, 0.25) is 0 Å². The van der Waals surface area contributed by atoms with Crippen LogP contribution in [0, 0.1) is 0 Å². The molecule has 0 radical (unpaired) electrons. The fourth-order valence-electron chi connectivity index (χ4n) is 2.33. The van der Waals surface area contributed by atoms with E-state index in [4.69, 9.17) is 4.74 Å². The molecule has 2 atom stereocenters. The van der Waals surface area contributed by atoms with Crippen LogP contribution in [-0.4, -0.2) is 36.6 Å². The highest BCUT2D eigenvalue weighted by Gasteiger charge is 2.17. The first-order valence-electron chi connectivity index (χ1n) is 7.25. The summed E-state index contributed by atoms with van der Waals surface area (Å²) in [5.74, 6) is 0.0552. The lowest BCUT2D eigenvalue weighted by atomic mass is 10.1. The van der Waals surface area contributed by atoms with Crippen LogP contribution in [0.15, 0.2) is 5.38 Å². The SMILES string of the molecule is CCOC(C)c1nc(CC(=O)N[C@H]2CCCNC2)cs1.Cl.Cl. The molecule has 5 nitrogen and oxygen atoms in total. The molecule has 2 heterocycles. The van der Waals surface area contributed by atoms with Crippen molar-refractivity contribution < 1.29 is 9.53 Å². The monoisotopic (exact) mass is 369 g/mol. The normalized spacial score (nSPS) is 18.7. The molecule has 22 heavy (non-hydrogen) atoms. The Bertz CT molecular complexity index is 439. The summed E-state index contributed by atoms with van der Waals surface area (Å²) in [5, 5.41) is 9.24. The van der Waals surface area contributed by atoms with Gasteiger partial charge in [-0.3, -0.25) is 4.79 Å². The maximum atomic E-state index is 12.0. The molecule has 0 aromatic carbocycles. The Morgan fingerprint density at radius 2 is 2.36 bits per heavy atom. The van der Waals surface area contributed by atoms with Gasteiger partial charge >= 0.3 is 0 Å².